The zero-order chi connectivity index (χ0) is 16.5. The van der Waals surface area contributed by atoms with Crippen molar-refractivity contribution in [2.75, 3.05) is 25.5 Å². The van der Waals surface area contributed by atoms with E-state index in [1.54, 1.807) is 0 Å². The van der Waals surface area contributed by atoms with Crippen molar-refractivity contribution in [3.8, 4) is 11.5 Å². The van der Waals surface area contributed by atoms with Crippen LogP contribution in [0.1, 0.15) is 18.6 Å². The zero-order valence-corrected chi connectivity index (χ0v) is 14.2. The highest BCUT2D eigenvalue weighted by Gasteiger charge is 2.18. The minimum atomic E-state index is 0.512. The van der Waals surface area contributed by atoms with Gasteiger partial charge >= 0.3 is 0 Å². The van der Waals surface area contributed by atoms with Crippen LogP contribution in [0.3, 0.4) is 0 Å². The van der Waals surface area contributed by atoms with Gasteiger partial charge in [-0.3, -0.25) is 0 Å². The molecule has 0 bridgehead atoms. The lowest BCUT2D eigenvalue weighted by Gasteiger charge is -2.30. The molecule has 0 spiro atoms. The van der Waals surface area contributed by atoms with Gasteiger partial charge in [0, 0.05) is 17.1 Å². The average Bonchev–Trinajstić information content (AvgIpc) is 3.03. The summed E-state index contributed by atoms with van der Waals surface area (Å²) in [5, 5.41) is 4.92. The Morgan fingerprint density at radius 1 is 1.12 bits per heavy atom. The molecule has 1 fully saturated rings. The van der Waals surface area contributed by atoms with Gasteiger partial charge < -0.3 is 14.6 Å². The third-order valence-corrected chi connectivity index (χ3v) is 4.79. The van der Waals surface area contributed by atoms with Crippen LogP contribution in [-0.2, 0) is 0 Å². The molecule has 0 aliphatic carbocycles. The monoisotopic (exact) mass is 321 g/mol. The molecule has 1 aliphatic heterocycles. The van der Waals surface area contributed by atoms with Crippen molar-refractivity contribution in [1.82, 2.24) is 9.88 Å². The molecule has 2 aromatic heterocycles. The number of hydrogen-bond acceptors (Lipinski definition) is 4. The number of aromatic nitrogens is 1. The molecule has 4 heteroatoms. The van der Waals surface area contributed by atoms with E-state index in [0.29, 0.717) is 6.04 Å². The van der Waals surface area contributed by atoms with Gasteiger partial charge in [0.15, 0.2) is 5.76 Å². The second-order valence-electron chi connectivity index (χ2n) is 6.70. The fourth-order valence-corrected chi connectivity index (χ4v) is 3.37. The van der Waals surface area contributed by atoms with Crippen molar-refractivity contribution in [2.45, 2.75) is 25.8 Å². The maximum Gasteiger partial charge on any atom is 0.152 e. The Bertz CT molecular complexity index is 847. The smallest absolute Gasteiger partial charge is 0.152 e. The molecule has 3 heterocycles. The largest absolute Gasteiger partial charge is 0.460 e. The summed E-state index contributed by atoms with van der Waals surface area (Å²) in [5.41, 5.74) is 3.04. The van der Waals surface area contributed by atoms with Crippen LogP contribution in [0.2, 0.25) is 0 Å². The highest BCUT2D eigenvalue weighted by molar-refractivity contribution is 5.93. The summed E-state index contributed by atoms with van der Waals surface area (Å²) in [6.45, 7) is 4.25. The molecule has 4 rings (SSSR count). The standard InChI is InChI=1S/C20H23N3O/c1-14-7-8-20(24-14)19-13-18(16-5-3-4-6-17(16)22-19)21-15-9-11-23(2)12-10-15/h3-8,13,15H,9-12H2,1-2H3,(H,21,22). The molecule has 0 radical (unpaired) electrons. The summed E-state index contributed by atoms with van der Waals surface area (Å²) in [5.74, 6) is 1.73. The van der Waals surface area contributed by atoms with E-state index in [2.05, 4.69) is 41.5 Å². The van der Waals surface area contributed by atoms with Crippen LogP contribution in [0.5, 0.6) is 0 Å². The van der Waals surface area contributed by atoms with Crippen LogP contribution in [0, 0.1) is 6.92 Å². The molecule has 1 aromatic carbocycles. The number of aryl methyl sites for hydroxylation is 1. The summed E-state index contributed by atoms with van der Waals surface area (Å²) in [7, 11) is 2.19. The summed E-state index contributed by atoms with van der Waals surface area (Å²) in [4.78, 5) is 7.17. The molecule has 124 valence electrons. The lowest BCUT2D eigenvalue weighted by molar-refractivity contribution is 0.264. The van der Waals surface area contributed by atoms with Crippen LogP contribution in [0.15, 0.2) is 46.9 Å². The number of benzene rings is 1. The predicted molar refractivity (Wildman–Crippen MR) is 98.3 cm³/mol. The zero-order valence-electron chi connectivity index (χ0n) is 14.2. The van der Waals surface area contributed by atoms with Crippen LogP contribution in [0.25, 0.3) is 22.4 Å². The molecule has 0 amide bonds. The normalized spacial score (nSPS) is 16.6. The Kier molecular flexibility index (Phi) is 3.98. The molecule has 4 nitrogen and oxygen atoms in total. The number of nitrogens with one attached hydrogen (secondary N) is 1. The van der Waals surface area contributed by atoms with Gasteiger partial charge in [-0.05, 0) is 64.2 Å². The number of rotatable bonds is 3. The number of fused-ring (bicyclic) bond motifs is 1. The van der Waals surface area contributed by atoms with E-state index in [9.17, 15) is 0 Å². The minimum absolute atomic E-state index is 0.512. The van der Waals surface area contributed by atoms with Gasteiger partial charge in [-0.25, -0.2) is 4.98 Å². The predicted octanol–water partition coefficient (Wildman–Crippen LogP) is 4.31. The summed E-state index contributed by atoms with van der Waals surface area (Å²) in [6, 6.07) is 14.9. The number of furan rings is 1. The number of hydrogen-bond donors (Lipinski definition) is 1. The summed E-state index contributed by atoms with van der Waals surface area (Å²) in [6.07, 6.45) is 2.34. The maximum atomic E-state index is 5.78. The van der Waals surface area contributed by atoms with Gasteiger partial charge in [0.2, 0.25) is 0 Å². The number of anilines is 1. The number of likely N-dealkylation sites (tertiary alicyclic amines) is 1. The van der Waals surface area contributed by atoms with Crippen molar-refractivity contribution in [2.24, 2.45) is 0 Å². The lowest BCUT2D eigenvalue weighted by Crippen LogP contribution is -2.36. The number of nitrogens with zero attached hydrogens (tertiary/aromatic N) is 2. The first kappa shape index (κ1) is 15.2. The van der Waals surface area contributed by atoms with Gasteiger partial charge in [-0.1, -0.05) is 18.2 Å². The molecular weight excluding hydrogens is 298 g/mol. The van der Waals surface area contributed by atoms with E-state index in [1.165, 1.54) is 18.2 Å². The SMILES string of the molecule is Cc1ccc(-c2cc(NC3CCN(C)CC3)c3ccccc3n2)o1. The van der Waals surface area contributed by atoms with E-state index in [1.807, 2.05) is 25.1 Å². The van der Waals surface area contributed by atoms with Crippen molar-refractivity contribution in [3.05, 3.63) is 48.2 Å². The molecule has 1 saturated heterocycles. The Morgan fingerprint density at radius 2 is 1.92 bits per heavy atom. The second kappa shape index (κ2) is 6.29. The Morgan fingerprint density at radius 3 is 2.67 bits per heavy atom. The third-order valence-electron chi connectivity index (χ3n) is 4.79. The van der Waals surface area contributed by atoms with Gasteiger partial charge in [-0.15, -0.1) is 0 Å². The van der Waals surface area contributed by atoms with Crippen LogP contribution >= 0.6 is 0 Å². The van der Waals surface area contributed by atoms with Gasteiger partial charge in [0.1, 0.15) is 11.5 Å². The molecule has 1 N–H and O–H groups in total. The van der Waals surface area contributed by atoms with Crippen molar-refractivity contribution < 1.29 is 4.42 Å². The molecule has 3 aromatic rings. The van der Waals surface area contributed by atoms with E-state index in [-0.39, 0.29) is 0 Å². The van der Waals surface area contributed by atoms with E-state index in [4.69, 9.17) is 9.40 Å². The van der Waals surface area contributed by atoms with Crippen LogP contribution < -0.4 is 5.32 Å². The molecule has 0 atom stereocenters. The summed E-state index contributed by atoms with van der Waals surface area (Å²) >= 11 is 0. The number of para-hydroxylation sites is 1. The molecule has 1 aliphatic rings. The second-order valence-corrected chi connectivity index (χ2v) is 6.70. The van der Waals surface area contributed by atoms with Gasteiger partial charge in [0.05, 0.1) is 5.52 Å². The molecule has 24 heavy (non-hydrogen) atoms. The fraction of sp³-hybridized carbons (Fsp3) is 0.350. The van der Waals surface area contributed by atoms with Crippen LogP contribution in [0.4, 0.5) is 5.69 Å². The van der Waals surface area contributed by atoms with Crippen LogP contribution in [-0.4, -0.2) is 36.1 Å². The topological polar surface area (TPSA) is 41.3 Å². The van der Waals surface area contributed by atoms with Crippen molar-refractivity contribution in [3.63, 3.8) is 0 Å². The Balaban J connectivity index is 1.72. The third kappa shape index (κ3) is 3.02. The van der Waals surface area contributed by atoms with E-state index in [0.717, 1.165) is 41.5 Å². The Labute approximate surface area is 142 Å². The molecular formula is C20H23N3O. The lowest BCUT2D eigenvalue weighted by atomic mass is 10.0. The average molecular weight is 321 g/mol. The van der Waals surface area contributed by atoms with E-state index >= 15 is 0 Å². The first-order chi connectivity index (χ1) is 11.7. The highest BCUT2D eigenvalue weighted by Crippen LogP contribution is 2.30. The fourth-order valence-electron chi connectivity index (χ4n) is 3.37. The van der Waals surface area contributed by atoms with Gasteiger partial charge in [-0.2, -0.15) is 0 Å². The Hall–Kier alpha value is -2.33. The quantitative estimate of drug-likeness (QED) is 0.780. The van der Waals surface area contributed by atoms with Crippen molar-refractivity contribution in [1.29, 1.82) is 0 Å². The van der Waals surface area contributed by atoms with Crippen molar-refractivity contribution >= 4 is 16.6 Å². The first-order valence-electron chi connectivity index (χ1n) is 8.61. The maximum absolute atomic E-state index is 5.78. The molecule has 0 saturated carbocycles. The number of pyridine rings is 1. The number of piperidine rings is 1. The highest BCUT2D eigenvalue weighted by atomic mass is 16.3. The van der Waals surface area contributed by atoms with Gasteiger partial charge in [0.25, 0.3) is 0 Å². The molecule has 0 unspecified atom stereocenters. The van der Waals surface area contributed by atoms with E-state index < -0.39 is 0 Å². The first-order valence-corrected chi connectivity index (χ1v) is 8.61. The summed E-state index contributed by atoms with van der Waals surface area (Å²) < 4.78 is 5.78. The minimum Gasteiger partial charge on any atom is -0.460 e.